The van der Waals surface area contributed by atoms with Crippen LogP contribution in [0.1, 0.15) is 12.5 Å². The van der Waals surface area contributed by atoms with Crippen LogP contribution in [0, 0.1) is 0 Å². The van der Waals surface area contributed by atoms with Crippen molar-refractivity contribution >= 4 is 46.7 Å². The Hall–Kier alpha value is -2.94. The third-order valence-electron chi connectivity index (χ3n) is 4.57. The Bertz CT molecular complexity index is 1230. The fraction of sp³-hybridized carbons (Fsp3) is 0.136. The molecule has 0 aliphatic rings. The lowest BCUT2D eigenvalue weighted by atomic mass is 10.1. The van der Waals surface area contributed by atoms with E-state index in [2.05, 4.69) is 44.5 Å². The molecule has 0 radical (unpaired) electrons. The third kappa shape index (κ3) is 5.09. The molecule has 32 heavy (non-hydrogen) atoms. The maximum atomic E-state index is 12.5. The van der Waals surface area contributed by atoms with Gasteiger partial charge in [0, 0.05) is 29.8 Å². The molecule has 0 spiro atoms. The van der Waals surface area contributed by atoms with E-state index in [1.54, 1.807) is 12.4 Å². The number of hydrogen-bond donors (Lipinski definition) is 1. The van der Waals surface area contributed by atoms with Crippen molar-refractivity contribution in [1.82, 2.24) is 24.7 Å². The first-order valence-electron chi connectivity index (χ1n) is 9.74. The summed E-state index contributed by atoms with van der Waals surface area (Å²) in [4.78, 5) is 20.6. The van der Waals surface area contributed by atoms with Crippen LogP contribution in [0.3, 0.4) is 0 Å². The van der Waals surface area contributed by atoms with Crippen LogP contribution in [-0.2, 0) is 11.2 Å². The number of rotatable bonds is 7. The van der Waals surface area contributed by atoms with Crippen molar-refractivity contribution in [2.45, 2.75) is 18.5 Å². The fourth-order valence-electron chi connectivity index (χ4n) is 2.97. The van der Waals surface area contributed by atoms with E-state index >= 15 is 0 Å². The highest BCUT2D eigenvalue weighted by molar-refractivity contribution is 7.99. The van der Waals surface area contributed by atoms with E-state index in [1.807, 2.05) is 28.8 Å². The molecule has 0 atom stereocenters. The average molecular weight is 485 g/mol. The molecular weight excluding hydrogens is 467 g/mol. The molecule has 0 bridgehead atoms. The van der Waals surface area contributed by atoms with Crippen LogP contribution in [0.2, 0.25) is 10.0 Å². The Morgan fingerprint density at radius 3 is 2.53 bits per heavy atom. The van der Waals surface area contributed by atoms with E-state index in [1.165, 1.54) is 29.6 Å². The largest absolute Gasteiger partial charge is 0.309 e. The van der Waals surface area contributed by atoms with E-state index in [0.717, 1.165) is 17.7 Å². The number of nitrogens with zero attached hydrogens (tertiary/aromatic N) is 5. The fourth-order valence-corrected chi connectivity index (χ4v) is 4.15. The molecule has 1 amide bonds. The average Bonchev–Trinajstić information content (AvgIpc) is 3.24. The molecule has 1 aromatic carbocycles. The Morgan fingerprint density at radius 2 is 1.84 bits per heavy atom. The summed E-state index contributed by atoms with van der Waals surface area (Å²) < 4.78 is 1.93. The van der Waals surface area contributed by atoms with Gasteiger partial charge in [-0.1, -0.05) is 54.0 Å². The van der Waals surface area contributed by atoms with Gasteiger partial charge in [-0.25, -0.2) is 4.98 Å². The Balaban J connectivity index is 1.59. The third-order valence-corrected chi connectivity index (χ3v) is 6.00. The number of aromatic nitrogens is 5. The van der Waals surface area contributed by atoms with E-state index in [-0.39, 0.29) is 22.5 Å². The summed E-state index contributed by atoms with van der Waals surface area (Å²) in [6.07, 6.45) is 5.78. The van der Waals surface area contributed by atoms with Crippen LogP contribution in [0.15, 0.2) is 66.2 Å². The summed E-state index contributed by atoms with van der Waals surface area (Å²) in [7, 11) is 0. The molecule has 0 unspecified atom stereocenters. The molecule has 0 fully saturated rings. The van der Waals surface area contributed by atoms with Gasteiger partial charge in [0.1, 0.15) is 0 Å². The van der Waals surface area contributed by atoms with Gasteiger partial charge in [0.15, 0.2) is 16.8 Å². The van der Waals surface area contributed by atoms with E-state index in [9.17, 15) is 4.79 Å². The summed E-state index contributed by atoms with van der Waals surface area (Å²) in [6.45, 7) is 2.11. The van der Waals surface area contributed by atoms with Gasteiger partial charge < -0.3 is 5.32 Å². The van der Waals surface area contributed by atoms with Crippen LogP contribution in [0.4, 0.5) is 5.82 Å². The van der Waals surface area contributed by atoms with Crippen molar-refractivity contribution in [2.75, 3.05) is 11.1 Å². The second-order valence-electron chi connectivity index (χ2n) is 6.72. The van der Waals surface area contributed by atoms with Crippen molar-refractivity contribution in [3.63, 3.8) is 0 Å². The van der Waals surface area contributed by atoms with Gasteiger partial charge in [0.2, 0.25) is 5.91 Å². The highest BCUT2D eigenvalue weighted by Crippen LogP contribution is 2.28. The smallest absolute Gasteiger partial charge is 0.236 e. The second kappa shape index (κ2) is 10.1. The van der Waals surface area contributed by atoms with Gasteiger partial charge in [-0.3, -0.25) is 14.3 Å². The summed E-state index contributed by atoms with van der Waals surface area (Å²) in [5.41, 5.74) is 3.01. The molecule has 0 aliphatic carbocycles. The predicted molar refractivity (Wildman–Crippen MR) is 128 cm³/mol. The van der Waals surface area contributed by atoms with Crippen molar-refractivity contribution in [3.8, 4) is 17.1 Å². The molecular formula is C22H18Cl2N6OS. The Kier molecular flexibility index (Phi) is 7.04. The van der Waals surface area contributed by atoms with E-state index < -0.39 is 0 Å². The van der Waals surface area contributed by atoms with Crippen molar-refractivity contribution in [3.05, 3.63) is 76.7 Å². The minimum absolute atomic E-state index is 0.0994. The SMILES string of the molecule is CCc1ccc(-n2c(SCC(=O)Nc3ncc(Cl)cc3Cl)nnc2-c2ccncc2)cc1. The van der Waals surface area contributed by atoms with Crippen molar-refractivity contribution in [2.24, 2.45) is 0 Å². The van der Waals surface area contributed by atoms with Gasteiger partial charge in [-0.15, -0.1) is 10.2 Å². The number of anilines is 1. The Morgan fingerprint density at radius 1 is 1.09 bits per heavy atom. The molecule has 0 aliphatic heterocycles. The number of benzene rings is 1. The Labute approximate surface area is 199 Å². The number of amides is 1. The lowest BCUT2D eigenvalue weighted by molar-refractivity contribution is -0.113. The quantitative estimate of drug-likeness (QED) is 0.357. The van der Waals surface area contributed by atoms with Gasteiger partial charge in [0.25, 0.3) is 0 Å². The molecule has 0 saturated carbocycles. The number of hydrogen-bond acceptors (Lipinski definition) is 6. The van der Waals surface area contributed by atoms with Crippen LogP contribution in [0.25, 0.3) is 17.1 Å². The van der Waals surface area contributed by atoms with Gasteiger partial charge >= 0.3 is 0 Å². The summed E-state index contributed by atoms with van der Waals surface area (Å²) in [6, 6.07) is 13.5. The van der Waals surface area contributed by atoms with Crippen LogP contribution in [0.5, 0.6) is 0 Å². The molecule has 4 aromatic rings. The molecule has 3 heterocycles. The number of carbonyl (C=O) groups is 1. The van der Waals surface area contributed by atoms with E-state index in [4.69, 9.17) is 23.2 Å². The topological polar surface area (TPSA) is 85.6 Å². The first kappa shape index (κ1) is 22.3. The number of carbonyl (C=O) groups excluding carboxylic acids is 1. The number of aryl methyl sites for hydroxylation is 1. The normalized spacial score (nSPS) is 10.8. The van der Waals surface area contributed by atoms with Crippen molar-refractivity contribution < 1.29 is 4.79 Å². The summed E-state index contributed by atoms with van der Waals surface area (Å²) in [5, 5.41) is 12.7. The summed E-state index contributed by atoms with van der Waals surface area (Å²) >= 11 is 13.2. The second-order valence-corrected chi connectivity index (χ2v) is 8.50. The molecule has 10 heteroatoms. The molecule has 0 saturated heterocycles. The lowest BCUT2D eigenvalue weighted by Crippen LogP contribution is -2.15. The zero-order valence-electron chi connectivity index (χ0n) is 17.0. The molecule has 3 aromatic heterocycles. The molecule has 1 N–H and O–H groups in total. The number of nitrogens with one attached hydrogen (secondary N) is 1. The van der Waals surface area contributed by atoms with Crippen LogP contribution in [-0.4, -0.2) is 36.4 Å². The standard InChI is InChI=1S/C22H18Cl2N6OS/c1-2-14-3-5-17(6-4-14)30-21(15-7-9-25-10-8-15)28-29-22(30)32-13-19(31)27-20-18(24)11-16(23)12-26-20/h3-12H,2,13H2,1H3,(H,26,27,31). The van der Waals surface area contributed by atoms with Gasteiger partial charge in [-0.05, 0) is 42.3 Å². The predicted octanol–water partition coefficient (Wildman–Crippen LogP) is 5.32. The zero-order valence-corrected chi connectivity index (χ0v) is 19.3. The zero-order chi connectivity index (χ0) is 22.5. The molecule has 162 valence electrons. The highest BCUT2D eigenvalue weighted by Gasteiger charge is 2.18. The highest BCUT2D eigenvalue weighted by atomic mass is 35.5. The number of pyridine rings is 2. The maximum Gasteiger partial charge on any atom is 0.236 e. The van der Waals surface area contributed by atoms with Gasteiger partial charge in [-0.2, -0.15) is 0 Å². The van der Waals surface area contributed by atoms with Crippen LogP contribution >= 0.6 is 35.0 Å². The first-order chi connectivity index (χ1) is 15.5. The molecule has 7 nitrogen and oxygen atoms in total. The van der Waals surface area contributed by atoms with Crippen LogP contribution < -0.4 is 5.32 Å². The first-order valence-corrected chi connectivity index (χ1v) is 11.5. The number of thioether (sulfide) groups is 1. The molecule has 4 rings (SSSR count). The minimum Gasteiger partial charge on any atom is -0.309 e. The van der Waals surface area contributed by atoms with Gasteiger partial charge in [0.05, 0.1) is 15.8 Å². The van der Waals surface area contributed by atoms with E-state index in [0.29, 0.717) is 16.0 Å². The maximum absolute atomic E-state index is 12.5. The monoisotopic (exact) mass is 484 g/mol. The summed E-state index contributed by atoms with van der Waals surface area (Å²) in [5.74, 6) is 0.758. The minimum atomic E-state index is -0.270. The number of halogens is 2. The van der Waals surface area contributed by atoms with Crippen molar-refractivity contribution in [1.29, 1.82) is 0 Å². The lowest BCUT2D eigenvalue weighted by Gasteiger charge is -2.11.